The van der Waals surface area contributed by atoms with Crippen LogP contribution in [0.1, 0.15) is 17.2 Å². The minimum atomic E-state index is -0.291. The Balaban J connectivity index is 3.16. The average Bonchev–Trinajstić information content (AvgIpc) is 2.21. The van der Waals surface area contributed by atoms with Crippen LogP contribution in [-0.4, -0.2) is 25.1 Å². The molecule has 0 heterocycles. The first kappa shape index (κ1) is 12.2. The molecule has 1 aromatic rings. The van der Waals surface area contributed by atoms with Gasteiger partial charge in [-0.3, -0.25) is 4.48 Å². The van der Waals surface area contributed by atoms with E-state index in [4.69, 9.17) is 5.26 Å². The van der Waals surface area contributed by atoms with Gasteiger partial charge in [0.15, 0.2) is 6.54 Å². The largest absolute Gasteiger partial charge is 0.299 e. The summed E-state index contributed by atoms with van der Waals surface area (Å²) < 4.78 is 0.373. The molecular formula is C13H16N3+. The fourth-order valence-electron chi connectivity index (χ4n) is 1.77. The van der Waals surface area contributed by atoms with Gasteiger partial charge in [-0.15, -0.1) is 0 Å². The number of benzene rings is 1. The first-order valence-electron chi connectivity index (χ1n) is 5.17. The van der Waals surface area contributed by atoms with Crippen molar-refractivity contribution >= 4 is 0 Å². The van der Waals surface area contributed by atoms with Crippen molar-refractivity contribution in [1.29, 1.82) is 10.5 Å². The molecule has 1 rings (SSSR count). The SMILES string of the molecule is Cc1ccccc1C(C#N)[N+](C)(C)CC#N. The summed E-state index contributed by atoms with van der Waals surface area (Å²) in [6.45, 7) is 2.32. The number of hydrogen-bond acceptors (Lipinski definition) is 2. The van der Waals surface area contributed by atoms with E-state index in [1.807, 2.05) is 45.3 Å². The fourth-order valence-corrected chi connectivity index (χ4v) is 1.77. The van der Waals surface area contributed by atoms with Crippen molar-refractivity contribution in [2.45, 2.75) is 13.0 Å². The molecule has 0 bridgehead atoms. The van der Waals surface area contributed by atoms with Crippen LogP contribution in [0.25, 0.3) is 0 Å². The topological polar surface area (TPSA) is 47.6 Å². The van der Waals surface area contributed by atoms with Crippen LogP contribution in [0.2, 0.25) is 0 Å². The molecule has 0 aliphatic heterocycles. The van der Waals surface area contributed by atoms with Gasteiger partial charge in [0.05, 0.1) is 14.1 Å². The Hall–Kier alpha value is -1.84. The maximum absolute atomic E-state index is 9.29. The number of rotatable bonds is 3. The summed E-state index contributed by atoms with van der Waals surface area (Å²) in [4.78, 5) is 0. The zero-order valence-corrected chi connectivity index (χ0v) is 9.94. The normalized spacial score (nSPS) is 12.6. The molecule has 1 unspecified atom stereocenters. The van der Waals surface area contributed by atoms with Crippen LogP contribution in [0.4, 0.5) is 0 Å². The van der Waals surface area contributed by atoms with E-state index >= 15 is 0 Å². The van der Waals surface area contributed by atoms with Crippen LogP contribution in [0.15, 0.2) is 24.3 Å². The van der Waals surface area contributed by atoms with Gasteiger partial charge >= 0.3 is 0 Å². The Labute approximate surface area is 96.7 Å². The summed E-state index contributed by atoms with van der Waals surface area (Å²) >= 11 is 0. The van der Waals surface area contributed by atoms with Gasteiger partial charge < -0.3 is 0 Å². The molecule has 0 aliphatic carbocycles. The zero-order chi connectivity index (χ0) is 12.2. The fraction of sp³-hybridized carbons (Fsp3) is 0.385. The van der Waals surface area contributed by atoms with Gasteiger partial charge in [-0.05, 0) is 12.5 Å². The van der Waals surface area contributed by atoms with Gasteiger partial charge in [0, 0.05) is 5.56 Å². The predicted molar refractivity (Wildman–Crippen MR) is 62.1 cm³/mol. The lowest BCUT2D eigenvalue weighted by Gasteiger charge is -2.32. The van der Waals surface area contributed by atoms with Crippen molar-refractivity contribution in [3.63, 3.8) is 0 Å². The highest BCUT2D eigenvalue weighted by molar-refractivity contribution is 5.30. The third-order valence-electron chi connectivity index (χ3n) is 2.78. The van der Waals surface area contributed by atoms with Gasteiger partial charge in [0.1, 0.15) is 12.1 Å². The lowest BCUT2D eigenvalue weighted by atomic mass is 10.00. The van der Waals surface area contributed by atoms with Crippen LogP contribution in [0.5, 0.6) is 0 Å². The van der Waals surface area contributed by atoms with Gasteiger partial charge in [0.25, 0.3) is 0 Å². The third-order valence-corrected chi connectivity index (χ3v) is 2.78. The lowest BCUT2D eigenvalue weighted by Crippen LogP contribution is -2.43. The second kappa shape index (κ2) is 4.79. The van der Waals surface area contributed by atoms with Crippen molar-refractivity contribution in [3.8, 4) is 12.1 Å². The molecule has 0 amide bonds. The molecule has 0 saturated carbocycles. The molecule has 1 aromatic carbocycles. The third kappa shape index (κ3) is 2.39. The number of hydrogen-bond donors (Lipinski definition) is 0. The van der Waals surface area contributed by atoms with Crippen molar-refractivity contribution in [1.82, 2.24) is 0 Å². The maximum Gasteiger partial charge on any atom is 0.202 e. The second-order valence-corrected chi connectivity index (χ2v) is 4.48. The molecule has 3 heteroatoms. The minimum absolute atomic E-state index is 0.291. The second-order valence-electron chi connectivity index (χ2n) is 4.48. The van der Waals surface area contributed by atoms with E-state index in [1.165, 1.54) is 0 Å². The van der Waals surface area contributed by atoms with Gasteiger partial charge in [-0.1, -0.05) is 24.3 Å². The minimum Gasteiger partial charge on any atom is -0.299 e. The van der Waals surface area contributed by atoms with Crippen LogP contribution in [0, 0.1) is 29.6 Å². The van der Waals surface area contributed by atoms with Gasteiger partial charge in [-0.2, -0.15) is 10.5 Å². The Kier molecular flexibility index (Phi) is 3.66. The van der Waals surface area contributed by atoms with Gasteiger partial charge in [-0.25, -0.2) is 0 Å². The van der Waals surface area contributed by atoms with E-state index < -0.39 is 0 Å². The van der Waals surface area contributed by atoms with Gasteiger partial charge in [0.2, 0.25) is 6.04 Å². The highest BCUT2D eigenvalue weighted by atomic mass is 15.3. The summed E-state index contributed by atoms with van der Waals surface area (Å²) in [6, 6.07) is 12.0. The molecular weight excluding hydrogens is 198 g/mol. The van der Waals surface area contributed by atoms with E-state index in [1.54, 1.807) is 0 Å². The smallest absolute Gasteiger partial charge is 0.202 e. The van der Waals surface area contributed by atoms with Crippen molar-refractivity contribution < 1.29 is 4.48 Å². The highest BCUT2D eigenvalue weighted by Crippen LogP contribution is 2.26. The molecule has 1 atom stereocenters. The van der Waals surface area contributed by atoms with Crippen LogP contribution in [0.3, 0.4) is 0 Å². The van der Waals surface area contributed by atoms with Crippen LogP contribution in [-0.2, 0) is 0 Å². The quantitative estimate of drug-likeness (QED) is 0.572. The lowest BCUT2D eigenvalue weighted by molar-refractivity contribution is -0.906. The summed E-state index contributed by atoms with van der Waals surface area (Å²) in [5, 5.41) is 18.1. The monoisotopic (exact) mass is 214 g/mol. The Morgan fingerprint density at radius 1 is 1.25 bits per heavy atom. The van der Waals surface area contributed by atoms with E-state index in [9.17, 15) is 5.26 Å². The standard InChI is InChI=1S/C13H16N3/c1-11-6-4-5-7-12(11)13(10-15)16(2,3)9-8-14/h4-7,13H,9H2,1-3H3/q+1. The van der Waals surface area contributed by atoms with Crippen LogP contribution < -0.4 is 0 Å². The molecule has 0 fully saturated rings. The number of nitriles is 2. The van der Waals surface area contributed by atoms with Crippen molar-refractivity contribution in [3.05, 3.63) is 35.4 Å². The molecule has 16 heavy (non-hydrogen) atoms. The van der Waals surface area contributed by atoms with Crippen molar-refractivity contribution in [2.75, 3.05) is 20.6 Å². The first-order valence-corrected chi connectivity index (χ1v) is 5.17. The summed E-state index contributed by atoms with van der Waals surface area (Å²) in [5.41, 5.74) is 2.10. The Bertz CT molecular complexity index is 449. The molecule has 0 saturated heterocycles. The van der Waals surface area contributed by atoms with E-state index in [0.717, 1.165) is 11.1 Å². The highest BCUT2D eigenvalue weighted by Gasteiger charge is 2.30. The molecule has 0 spiro atoms. The summed E-state index contributed by atoms with van der Waals surface area (Å²) in [7, 11) is 3.81. The number of aryl methyl sites for hydroxylation is 1. The summed E-state index contributed by atoms with van der Waals surface area (Å²) in [6.07, 6.45) is 0. The van der Waals surface area contributed by atoms with E-state index in [-0.39, 0.29) is 6.04 Å². The average molecular weight is 214 g/mol. The molecule has 0 aromatic heterocycles. The number of quaternary nitrogens is 1. The molecule has 0 N–H and O–H groups in total. The van der Waals surface area contributed by atoms with Crippen molar-refractivity contribution in [2.24, 2.45) is 0 Å². The molecule has 0 aliphatic rings. The predicted octanol–water partition coefficient (Wildman–Crippen LogP) is 2.16. The van der Waals surface area contributed by atoms with E-state index in [2.05, 4.69) is 12.1 Å². The number of nitrogens with zero attached hydrogens (tertiary/aromatic N) is 3. The summed E-state index contributed by atoms with van der Waals surface area (Å²) in [5.74, 6) is 0. The van der Waals surface area contributed by atoms with Crippen LogP contribution >= 0.6 is 0 Å². The van der Waals surface area contributed by atoms with E-state index in [0.29, 0.717) is 11.0 Å². The molecule has 82 valence electrons. The first-order chi connectivity index (χ1) is 7.53. The molecule has 0 radical (unpaired) electrons. The maximum atomic E-state index is 9.29. The molecule has 3 nitrogen and oxygen atoms in total. The Morgan fingerprint density at radius 2 is 1.88 bits per heavy atom. The zero-order valence-electron chi connectivity index (χ0n) is 9.94. The Morgan fingerprint density at radius 3 is 2.38 bits per heavy atom.